The Balaban J connectivity index is 1.51. The van der Waals surface area contributed by atoms with E-state index in [4.69, 9.17) is 4.42 Å². The SMILES string of the molecule is Cc1cc(CNC(=O)CCCn2c(=O)oc3ccccc32)ccc1F. The number of carbonyl (C=O) groups excluding carboxylic acids is 1. The van der Waals surface area contributed by atoms with Crippen LogP contribution in [-0.2, 0) is 17.9 Å². The minimum atomic E-state index is -0.414. The van der Waals surface area contributed by atoms with Crippen LogP contribution in [0.5, 0.6) is 0 Å². The van der Waals surface area contributed by atoms with Gasteiger partial charge in [-0.05, 0) is 42.7 Å². The number of halogens is 1. The van der Waals surface area contributed by atoms with Gasteiger partial charge in [0.05, 0.1) is 5.52 Å². The smallest absolute Gasteiger partial charge is 0.408 e. The van der Waals surface area contributed by atoms with E-state index in [1.54, 1.807) is 31.2 Å². The van der Waals surface area contributed by atoms with Crippen LogP contribution in [0, 0.1) is 12.7 Å². The van der Waals surface area contributed by atoms with Crippen LogP contribution in [0.2, 0.25) is 0 Å². The molecular weight excluding hydrogens is 323 g/mol. The molecule has 0 aliphatic heterocycles. The number of nitrogens with zero attached hydrogens (tertiary/aromatic N) is 1. The van der Waals surface area contributed by atoms with Crippen molar-refractivity contribution in [1.82, 2.24) is 9.88 Å². The standard InChI is InChI=1S/C19H19FN2O3/c1-13-11-14(8-9-15(13)20)12-21-18(23)7-4-10-22-16-5-2-3-6-17(16)25-19(22)24/h2-3,5-6,8-9,11H,4,7,10,12H2,1H3,(H,21,23). The Labute approximate surface area is 144 Å². The molecule has 1 heterocycles. The molecule has 0 atom stereocenters. The van der Waals surface area contributed by atoms with Crippen LogP contribution in [0.1, 0.15) is 24.0 Å². The van der Waals surface area contributed by atoms with Crippen molar-refractivity contribution in [3.05, 3.63) is 70.0 Å². The van der Waals surface area contributed by atoms with Gasteiger partial charge in [-0.15, -0.1) is 0 Å². The van der Waals surface area contributed by atoms with Crippen molar-refractivity contribution in [2.75, 3.05) is 0 Å². The molecule has 0 fully saturated rings. The summed E-state index contributed by atoms with van der Waals surface area (Å²) in [5.74, 6) is -0.779. The van der Waals surface area contributed by atoms with Crippen LogP contribution in [-0.4, -0.2) is 10.5 Å². The summed E-state index contributed by atoms with van der Waals surface area (Å²) in [4.78, 5) is 23.8. The number of para-hydroxylation sites is 2. The van der Waals surface area contributed by atoms with E-state index in [1.165, 1.54) is 10.6 Å². The predicted molar refractivity (Wildman–Crippen MR) is 92.7 cm³/mol. The van der Waals surface area contributed by atoms with Gasteiger partial charge in [0.25, 0.3) is 0 Å². The Morgan fingerprint density at radius 2 is 2.04 bits per heavy atom. The lowest BCUT2D eigenvalue weighted by molar-refractivity contribution is -0.121. The zero-order valence-corrected chi connectivity index (χ0v) is 13.9. The second-order valence-electron chi connectivity index (χ2n) is 5.95. The van der Waals surface area contributed by atoms with Gasteiger partial charge in [0.15, 0.2) is 5.58 Å². The highest BCUT2D eigenvalue weighted by molar-refractivity contribution is 5.76. The van der Waals surface area contributed by atoms with Gasteiger partial charge in [-0.1, -0.05) is 24.3 Å². The van der Waals surface area contributed by atoms with Crippen molar-refractivity contribution in [3.63, 3.8) is 0 Å². The number of benzene rings is 2. The van der Waals surface area contributed by atoms with Gasteiger partial charge in [0.2, 0.25) is 5.91 Å². The zero-order chi connectivity index (χ0) is 17.8. The lowest BCUT2D eigenvalue weighted by atomic mass is 10.1. The highest BCUT2D eigenvalue weighted by atomic mass is 19.1. The van der Waals surface area contributed by atoms with Gasteiger partial charge in [-0.2, -0.15) is 0 Å². The van der Waals surface area contributed by atoms with Crippen LogP contribution in [0.25, 0.3) is 11.1 Å². The van der Waals surface area contributed by atoms with E-state index in [1.807, 2.05) is 12.1 Å². The Hall–Kier alpha value is -2.89. The summed E-state index contributed by atoms with van der Waals surface area (Å²) in [6.07, 6.45) is 0.823. The molecule has 0 saturated carbocycles. The van der Waals surface area contributed by atoms with E-state index in [0.29, 0.717) is 37.1 Å². The monoisotopic (exact) mass is 342 g/mol. The lowest BCUT2D eigenvalue weighted by Gasteiger charge is -2.07. The van der Waals surface area contributed by atoms with Crippen molar-refractivity contribution in [2.45, 2.75) is 32.9 Å². The molecule has 6 heteroatoms. The molecule has 5 nitrogen and oxygen atoms in total. The lowest BCUT2D eigenvalue weighted by Crippen LogP contribution is -2.23. The number of amides is 1. The minimum absolute atomic E-state index is 0.108. The molecular formula is C19H19FN2O3. The van der Waals surface area contributed by atoms with Crippen LogP contribution < -0.4 is 11.1 Å². The summed E-state index contributed by atoms with van der Waals surface area (Å²) in [5.41, 5.74) is 2.68. The van der Waals surface area contributed by atoms with E-state index in [9.17, 15) is 14.0 Å². The number of aromatic nitrogens is 1. The van der Waals surface area contributed by atoms with E-state index >= 15 is 0 Å². The molecule has 0 saturated heterocycles. The van der Waals surface area contributed by atoms with Crippen molar-refractivity contribution in [2.24, 2.45) is 0 Å². The molecule has 1 amide bonds. The van der Waals surface area contributed by atoms with Gasteiger partial charge in [-0.25, -0.2) is 9.18 Å². The first kappa shape index (κ1) is 17.0. The molecule has 2 aromatic carbocycles. The van der Waals surface area contributed by atoms with Crippen molar-refractivity contribution < 1.29 is 13.6 Å². The highest BCUT2D eigenvalue weighted by Crippen LogP contribution is 2.12. The molecule has 0 spiro atoms. The number of fused-ring (bicyclic) bond motifs is 1. The molecule has 3 aromatic rings. The molecule has 0 bridgehead atoms. The maximum absolute atomic E-state index is 13.2. The third-order valence-electron chi connectivity index (χ3n) is 4.07. The Morgan fingerprint density at radius 1 is 1.24 bits per heavy atom. The molecule has 130 valence electrons. The summed E-state index contributed by atoms with van der Waals surface area (Å²) < 4.78 is 19.9. The van der Waals surface area contributed by atoms with E-state index in [0.717, 1.165) is 11.1 Å². The summed E-state index contributed by atoms with van der Waals surface area (Å²) in [7, 11) is 0. The van der Waals surface area contributed by atoms with Gasteiger partial charge in [0, 0.05) is 19.5 Å². The van der Waals surface area contributed by atoms with Crippen LogP contribution in [0.3, 0.4) is 0 Å². The molecule has 1 aromatic heterocycles. The van der Waals surface area contributed by atoms with Crippen molar-refractivity contribution >= 4 is 17.0 Å². The number of carbonyl (C=O) groups is 1. The number of nitrogens with one attached hydrogen (secondary N) is 1. The van der Waals surface area contributed by atoms with E-state index in [-0.39, 0.29) is 11.7 Å². The number of rotatable bonds is 6. The van der Waals surface area contributed by atoms with Gasteiger partial charge in [-0.3, -0.25) is 9.36 Å². The molecule has 0 aliphatic carbocycles. The minimum Gasteiger partial charge on any atom is -0.408 e. The van der Waals surface area contributed by atoms with Crippen LogP contribution in [0.4, 0.5) is 4.39 Å². The number of aryl methyl sites for hydroxylation is 2. The molecule has 3 rings (SSSR count). The molecule has 0 aliphatic rings. The molecule has 0 radical (unpaired) electrons. The quantitative estimate of drug-likeness (QED) is 0.748. The maximum atomic E-state index is 13.2. The van der Waals surface area contributed by atoms with Crippen molar-refractivity contribution in [1.29, 1.82) is 0 Å². The van der Waals surface area contributed by atoms with E-state index in [2.05, 4.69) is 5.32 Å². The summed E-state index contributed by atoms with van der Waals surface area (Å²) in [6.45, 7) is 2.46. The van der Waals surface area contributed by atoms with Crippen LogP contribution >= 0.6 is 0 Å². The first-order chi connectivity index (χ1) is 12.0. The normalized spacial score (nSPS) is 11.0. The fourth-order valence-corrected chi connectivity index (χ4v) is 2.73. The summed E-state index contributed by atoms with van der Waals surface area (Å²) in [5, 5.41) is 2.81. The third kappa shape index (κ3) is 3.96. The molecule has 1 N–H and O–H groups in total. The Bertz CT molecular complexity index is 959. The van der Waals surface area contributed by atoms with Crippen molar-refractivity contribution in [3.8, 4) is 0 Å². The average Bonchev–Trinajstić information content (AvgIpc) is 2.92. The van der Waals surface area contributed by atoms with E-state index < -0.39 is 5.76 Å². The van der Waals surface area contributed by atoms with Gasteiger partial charge < -0.3 is 9.73 Å². The highest BCUT2D eigenvalue weighted by Gasteiger charge is 2.09. The topological polar surface area (TPSA) is 64.2 Å². The van der Waals surface area contributed by atoms with Crippen LogP contribution in [0.15, 0.2) is 51.7 Å². The second kappa shape index (κ2) is 7.34. The predicted octanol–water partition coefficient (Wildman–Crippen LogP) is 3.14. The number of hydrogen-bond donors (Lipinski definition) is 1. The fraction of sp³-hybridized carbons (Fsp3) is 0.263. The van der Waals surface area contributed by atoms with Gasteiger partial charge >= 0.3 is 5.76 Å². The number of hydrogen-bond acceptors (Lipinski definition) is 3. The third-order valence-corrected chi connectivity index (χ3v) is 4.07. The first-order valence-corrected chi connectivity index (χ1v) is 8.14. The Morgan fingerprint density at radius 3 is 2.84 bits per heavy atom. The summed E-state index contributed by atoms with van der Waals surface area (Å²) in [6, 6.07) is 12.0. The molecule has 0 unspecified atom stereocenters. The zero-order valence-electron chi connectivity index (χ0n) is 13.9. The maximum Gasteiger partial charge on any atom is 0.419 e. The Kier molecular flexibility index (Phi) is 4.97. The number of oxazole rings is 1. The second-order valence-corrected chi connectivity index (χ2v) is 5.95. The molecule has 25 heavy (non-hydrogen) atoms. The average molecular weight is 342 g/mol. The summed E-state index contributed by atoms with van der Waals surface area (Å²) >= 11 is 0. The van der Waals surface area contributed by atoms with Gasteiger partial charge in [0.1, 0.15) is 5.82 Å². The largest absolute Gasteiger partial charge is 0.419 e. The first-order valence-electron chi connectivity index (χ1n) is 8.14. The fourth-order valence-electron chi connectivity index (χ4n) is 2.73.